The Labute approximate surface area is 157 Å². The molecule has 1 amide bonds. The molecule has 4 nitrogen and oxygen atoms in total. The highest BCUT2D eigenvalue weighted by molar-refractivity contribution is 5.79. The first kappa shape index (κ1) is 18.0. The summed E-state index contributed by atoms with van der Waals surface area (Å²) in [5.41, 5.74) is 7.76. The number of benzene rings is 1. The summed E-state index contributed by atoms with van der Waals surface area (Å²) in [4.78, 5) is 17.7. The van der Waals surface area contributed by atoms with Crippen molar-refractivity contribution in [3.05, 3.63) is 35.9 Å². The molecule has 142 valence electrons. The van der Waals surface area contributed by atoms with E-state index < -0.39 is 0 Å². The summed E-state index contributed by atoms with van der Waals surface area (Å²) in [5.74, 6) is 1.73. The lowest BCUT2D eigenvalue weighted by atomic mass is 9.65. The number of likely N-dealkylation sites (tertiary alicyclic amines) is 1. The molecule has 3 atom stereocenters. The number of amides is 1. The predicted octanol–water partition coefficient (Wildman–Crippen LogP) is 2.87. The second-order valence-electron chi connectivity index (χ2n) is 8.81. The molecule has 2 N–H and O–H groups in total. The SMILES string of the molecule is CN(C(=O)C1CC2CCCC(C1)C2N)C1CCN(Cc2ccccc2)C1. The second kappa shape index (κ2) is 7.69. The van der Waals surface area contributed by atoms with Crippen LogP contribution in [0.15, 0.2) is 30.3 Å². The molecule has 3 unspecified atom stereocenters. The number of nitrogens with two attached hydrogens (primary N) is 1. The topological polar surface area (TPSA) is 49.6 Å². The first-order valence-electron chi connectivity index (χ1n) is 10.4. The highest BCUT2D eigenvalue weighted by atomic mass is 16.2. The number of carbonyl (C=O) groups is 1. The van der Waals surface area contributed by atoms with E-state index in [9.17, 15) is 4.79 Å². The standard InChI is InChI=1S/C22H33N3O/c1-24(20-10-11-25(15-20)14-16-6-3-2-4-7-16)22(26)19-12-17-8-5-9-18(13-19)21(17)23/h2-4,6-7,17-21H,5,8-15,23H2,1H3. The molecule has 0 spiro atoms. The van der Waals surface area contributed by atoms with Gasteiger partial charge in [-0.2, -0.15) is 0 Å². The molecular formula is C22H33N3O. The van der Waals surface area contributed by atoms with E-state index in [1.54, 1.807) is 0 Å². The number of hydrogen-bond donors (Lipinski definition) is 1. The molecule has 1 saturated heterocycles. The maximum absolute atomic E-state index is 13.2. The smallest absolute Gasteiger partial charge is 0.225 e. The molecule has 1 heterocycles. The summed E-state index contributed by atoms with van der Waals surface area (Å²) >= 11 is 0. The molecule has 3 fully saturated rings. The summed E-state index contributed by atoms with van der Waals surface area (Å²) in [5, 5.41) is 0. The lowest BCUT2D eigenvalue weighted by Gasteiger charge is -2.44. The summed E-state index contributed by atoms with van der Waals surface area (Å²) in [6, 6.07) is 11.3. The highest BCUT2D eigenvalue weighted by Gasteiger charge is 2.42. The van der Waals surface area contributed by atoms with Crippen LogP contribution >= 0.6 is 0 Å². The van der Waals surface area contributed by atoms with Crippen LogP contribution in [0.3, 0.4) is 0 Å². The summed E-state index contributed by atoms with van der Waals surface area (Å²) in [6.45, 7) is 3.07. The predicted molar refractivity (Wildman–Crippen MR) is 104 cm³/mol. The monoisotopic (exact) mass is 355 g/mol. The minimum Gasteiger partial charge on any atom is -0.341 e. The van der Waals surface area contributed by atoms with Crippen molar-refractivity contribution >= 4 is 5.91 Å². The average Bonchev–Trinajstić information content (AvgIpc) is 3.09. The lowest BCUT2D eigenvalue weighted by Crippen LogP contribution is -2.50. The molecule has 1 aromatic carbocycles. The van der Waals surface area contributed by atoms with E-state index in [4.69, 9.17) is 5.73 Å². The lowest BCUT2D eigenvalue weighted by molar-refractivity contribution is -0.139. The Balaban J connectivity index is 1.33. The van der Waals surface area contributed by atoms with Gasteiger partial charge in [-0.3, -0.25) is 9.69 Å². The van der Waals surface area contributed by atoms with E-state index in [2.05, 4.69) is 40.1 Å². The second-order valence-corrected chi connectivity index (χ2v) is 8.81. The Kier molecular flexibility index (Phi) is 5.32. The molecule has 4 rings (SSSR count). The number of likely N-dealkylation sites (N-methyl/N-ethyl adjacent to an activating group) is 1. The number of rotatable bonds is 4. The van der Waals surface area contributed by atoms with Crippen LogP contribution in [0.4, 0.5) is 0 Å². The van der Waals surface area contributed by atoms with Crippen LogP contribution in [0.2, 0.25) is 0 Å². The van der Waals surface area contributed by atoms with Gasteiger partial charge in [0.05, 0.1) is 0 Å². The van der Waals surface area contributed by atoms with Gasteiger partial charge in [0.25, 0.3) is 0 Å². The zero-order chi connectivity index (χ0) is 18.1. The van der Waals surface area contributed by atoms with Crippen LogP contribution < -0.4 is 5.73 Å². The van der Waals surface area contributed by atoms with Gasteiger partial charge in [-0.1, -0.05) is 36.8 Å². The van der Waals surface area contributed by atoms with Crippen molar-refractivity contribution in [1.82, 2.24) is 9.80 Å². The molecule has 4 heteroatoms. The van der Waals surface area contributed by atoms with Gasteiger partial charge in [0, 0.05) is 44.7 Å². The Morgan fingerprint density at radius 2 is 1.85 bits per heavy atom. The van der Waals surface area contributed by atoms with Crippen LogP contribution in [-0.4, -0.2) is 47.9 Å². The Morgan fingerprint density at radius 1 is 1.15 bits per heavy atom. The third-order valence-corrected chi connectivity index (χ3v) is 7.15. The number of nitrogens with zero attached hydrogens (tertiary/aromatic N) is 2. The maximum atomic E-state index is 13.2. The van der Waals surface area contributed by atoms with Gasteiger partial charge in [-0.05, 0) is 49.5 Å². The first-order chi connectivity index (χ1) is 12.6. The van der Waals surface area contributed by atoms with Gasteiger partial charge in [-0.25, -0.2) is 0 Å². The Morgan fingerprint density at radius 3 is 2.54 bits per heavy atom. The quantitative estimate of drug-likeness (QED) is 0.903. The zero-order valence-electron chi connectivity index (χ0n) is 16.0. The molecule has 26 heavy (non-hydrogen) atoms. The van der Waals surface area contributed by atoms with Gasteiger partial charge < -0.3 is 10.6 Å². The molecule has 1 aliphatic heterocycles. The molecular weight excluding hydrogens is 322 g/mol. The van der Waals surface area contributed by atoms with Crippen molar-refractivity contribution in [1.29, 1.82) is 0 Å². The minimum atomic E-state index is 0.207. The van der Waals surface area contributed by atoms with Crippen molar-refractivity contribution in [3.8, 4) is 0 Å². The molecule has 3 aliphatic rings. The van der Waals surface area contributed by atoms with Crippen molar-refractivity contribution in [3.63, 3.8) is 0 Å². The molecule has 2 aliphatic carbocycles. The van der Waals surface area contributed by atoms with Crippen LogP contribution in [-0.2, 0) is 11.3 Å². The maximum Gasteiger partial charge on any atom is 0.225 e. The molecule has 2 bridgehead atoms. The van der Waals surface area contributed by atoms with E-state index >= 15 is 0 Å². The summed E-state index contributed by atoms with van der Waals surface area (Å²) in [7, 11) is 2.03. The fraction of sp³-hybridized carbons (Fsp3) is 0.682. The van der Waals surface area contributed by atoms with E-state index in [1.165, 1.54) is 24.8 Å². The normalized spacial score (nSPS) is 34.6. The third kappa shape index (κ3) is 3.67. The van der Waals surface area contributed by atoms with E-state index in [0.29, 0.717) is 29.8 Å². The minimum absolute atomic E-state index is 0.207. The first-order valence-corrected chi connectivity index (χ1v) is 10.4. The van der Waals surface area contributed by atoms with Crippen molar-refractivity contribution in [2.45, 2.75) is 57.2 Å². The van der Waals surface area contributed by atoms with Gasteiger partial charge in [0.2, 0.25) is 5.91 Å². The summed E-state index contributed by atoms with van der Waals surface area (Å²) in [6.07, 6.45) is 6.87. The van der Waals surface area contributed by atoms with E-state index in [0.717, 1.165) is 38.9 Å². The van der Waals surface area contributed by atoms with Gasteiger partial charge in [0.15, 0.2) is 0 Å². The largest absolute Gasteiger partial charge is 0.341 e. The number of fused-ring (bicyclic) bond motifs is 2. The Hall–Kier alpha value is -1.39. The van der Waals surface area contributed by atoms with Gasteiger partial charge in [-0.15, -0.1) is 0 Å². The molecule has 1 aromatic rings. The zero-order valence-corrected chi connectivity index (χ0v) is 16.0. The molecule has 0 radical (unpaired) electrons. The van der Waals surface area contributed by atoms with Crippen molar-refractivity contribution in [2.75, 3.05) is 20.1 Å². The van der Waals surface area contributed by atoms with E-state index in [-0.39, 0.29) is 5.92 Å². The molecule has 0 aromatic heterocycles. The molecule has 2 saturated carbocycles. The fourth-order valence-electron chi connectivity index (χ4n) is 5.57. The third-order valence-electron chi connectivity index (χ3n) is 7.15. The van der Waals surface area contributed by atoms with E-state index in [1.807, 2.05) is 7.05 Å². The number of hydrogen-bond acceptors (Lipinski definition) is 3. The van der Waals surface area contributed by atoms with Crippen molar-refractivity contribution < 1.29 is 4.79 Å². The van der Waals surface area contributed by atoms with Crippen molar-refractivity contribution in [2.24, 2.45) is 23.5 Å². The van der Waals surface area contributed by atoms with Gasteiger partial charge >= 0.3 is 0 Å². The van der Waals surface area contributed by atoms with Crippen LogP contribution in [0.5, 0.6) is 0 Å². The number of carbonyl (C=O) groups excluding carboxylic acids is 1. The van der Waals surface area contributed by atoms with Crippen LogP contribution in [0.1, 0.15) is 44.1 Å². The van der Waals surface area contributed by atoms with Crippen LogP contribution in [0.25, 0.3) is 0 Å². The van der Waals surface area contributed by atoms with Crippen LogP contribution in [0, 0.1) is 17.8 Å². The Bertz CT molecular complexity index is 605. The highest BCUT2D eigenvalue weighted by Crippen LogP contribution is 2.42. The van der Waals surface area contributed by atoms with Gasteiger partial charge in [0.1, 0.15) is 0 Å². The average molecular weight is 356 g/mol. The summed E-state index contributed by atoms with van der Waals surface area (Å²) < 4.78 is 0. The fourth-order valence-corrected chi connectivity index (χ4v) is 5.57.